The summed E-state index contributed by atoms with van der Waals surface area (Å²) in [6.45, 7) is 3.04. The maximum Gasteiger partial charge on any atom is 0.135 e. The van der Waals surface area contributed by atoms with E-state index >= 15 is 0 Å². The zero-order valence-electron chi connectivity index (χ0n) is 9.85. The zero-order valence-corrected chi connectivity index (χ0v) is 9.85. The van der Waals surface area contributed by atoms with Gasteiger partial charge in [-0.1, -0.05) is 25.1 Å². The molecular weight excluding hydrogens is 212 g/mol. The van der Waals surface area contributed by atoms with E-state index in [4.69, 9.17) is 0 Å². The molecule has 2 aromatic rings. The Kier molecular flexibility index (Phi) is 3.91. The van der Waals surface area contributed by atoms with Crippen molar-refractivity contribution in [2.24, 2.45) is 0 Å². The molecule has 1 aromatic carbocycles. The van der Waals surface area contributed by atoms with Crippen molar-refractivity contribution >= 4 is 17.3 Å². The molecular formula is C13H16N4. The number of nitrogens with zero attached hydrogens (tertiary/aromatic N) is 2. The van der Waals surface area contributed by atoms with E-state index in [1.165, 1.54) is 0 Å². The van der Waals surface area contributed by atoms with Crippen LogP contribution in [0.1, 0.15) is 13.3 Å². The Morgan fingerprint density at radius 3 is 2.59 bits per heavy atom. The molecule has 0 aliphatic rings. The Bertz CT molecular complexity index is 456. The lowest BCUT2D eigenvalue weighted by Gasteiger charge is -2.07. The third-order valence-electron chi connectivity index (χ3n) is 2.27. The second-order valence-electron chi connectivity index (χ2n) is 3.71. The minimum atomic E-state index is 0.796. The van der Waals surface area contributed by atoms with Crippen LogP contribution in [0.3, 0.4) is 0 Å². The highest BCUT2D eigenvalue weighted by atomic mass is 15.1. The van der Waals surface area contributed by atoms with E-state index in [-0.39, 0.29) is 0 Å². The molecule has 1 aromatic heterocycles. The number of para-hydroxylation sites is 1. The first-order valence-electron chi connectivity index (χ1n) is 5.76. The number of benzene rings is 1. The molecule has 2 N–H and O–H groups in total. The quantitative estimate of drug-likeness (QED) is 0.825. The average molecular weight is 228 g/mol. The van der Waals surface area contributed by atoms with Crippen molar-refractivity contribution in [3.8, 4) is 0 Å². The van der Waals surface area contributed by atoms with Crippen molar-refractivity contribution in [3.05, 3.63) is 42.7 Å². The molecule has 0 saturated carbocycles. The lowest BCUT2D eigenvalue weighted by atomic mass is 10.3. The van der Waals surface area contributed by atoms with Crippen LogP contribution in [-0.2, 0) is 0 Å². The fourth-order valence-electron chi connectivity index (χ4n) is 1.44. The average Bonchev–Trinajstić information content (AvgIpc) is 2.38. The first kappa shape index (κ1) is 11.4. The highest BCUT2D eigenvalue weighted by Crippen LogP contribution is 2.15. The van der Waals surface area contributed by atoms with Gasteiger partial charge in [0.05, 0.1) is 0 Å². The highest BCUT2D eigenvalue weighted by molar-refractivity contribution is 5.58. The van der Waals surface area contributed by atoms with Gasteiger partial charge in [0.25, 0.3) is 0 Å². The Labute approximate surface area is 101 Å². The van der Waals surface area contributed by atoms with Gasteiger partial charge in [-0.2, -0.15) is 0 Å². The largest absolute Gasteiger partial charge is 0.370 e. The van der Waals surface area contributed by atoms with Crippen LogP contribution >= 0.6 is 0 Å². The maximum atomic E-state index is 4.18. The van der Waals surface area contributed by atoms with Gasteiger partial charge >= 0.3 is 0 Å². The molecule has 17 heavy (non-hydrogen) atoms. The molecule has 0 amide bonds. The second kappa shape index (κ2) is 5.84. The van der Waals surface area contributed by atoms with Crippen LogP contribution in [0.15, 0.2) is 42.7 Å². The van der Waals surface area contributed by atoms with Gasteiger partial charge < -0.3 is 10.6 Å². The van der Waals surface area contributed by atoms with Gasteiger partial charge in [0, 0.05) is 18.3 Å². The summed E-state index contributed by atoms with van der Waals surface area (Å²) in [4.78, 5) is 8.34. The van der Waals surface area contributed by atoms with Gasteiger partial charge in [-0.25, -0.2) is 9.97 Å². The first-order valence-corrected chi connectivity index (χ1v) is 5.76. The topological polar surface area (TPSA) is 49.8 Å². The minimum absolute atomic E-state index is 0.796. The standard InChI is InChI=1S/C13H16N4/c1-2-8-14-12-9-13(16-10-15-12)17-11-6-4-3-5-7-11/h3-7,9-10H,2,8H2,1H3,(H2,14,15,16,17). The number of anilines is 3. The van der Waals surface area contributed by atoms with E-state index in [9.17, 15) is 0 Å². The third-order valence-corrected chi connectivity index (χ3v) is 2.27. The van der Waals surface area contributed by atoms with Crippen LogP contribution in [-0.4, -0.2) is 16.5 Å². The molecule has 4 heteroatoms. The number of aromatic nitrogens is 2. The minimum Gasteiger partial charge on any atom is -0.370 e. The van der Waals surface area contributed by atoms with E-state index < -0.39 is 0 Å². The summed E-state index contributed by atoms with van der Waals surface area (Å²) in [6.07, 6.45) is 2.63. The van der Waals surface area contributed by atoms with E-state index in [0.29, 0.717) is 0 Å². The summed E-state index contributed by atoms with van der Waals surface area (Å²) in [5.74, 6) is 1.64. The Balaban J connectivity index is 2.06. The maximum absolute atomic E-state index is 4.18. The normalized spacial score (nSPS) is 9.94. The molecule has 0 atom stereocenters. The Morgan fingerprint density at radius 1 is 1.06 bits per heavy atom. The lowest BCUT2D eigenvalue weighted by molar-refractivity contribution is 0.965. The molecule has 0 bridgehead atoms. The molecule has 0 spiro atoms. The predicted octanol–water partition coefficient (Wildman–Crippen LogP) is 3.04. The molecule has 0 saturated heterocycles. The van der Waals surface area contributed by atoms with Crippen LogP contribution in [0.4, 0.5) is 17.3 Å². The van der Waals surface area contributed by atoms with Crippen molar-refractivity contribution in [1.29, 1.82) is 0 Å². The monoisotopic (exact) mass is 228 g/mol. The summed E-state index contributed by atoms with van der Waals surface area (Å²) in [5, 5.41) is 6.46. The third kappa shape index (κ3) is 3.45. The van der Waals surface area contributed by atoms with Crippen molar-refractivity contribution in [2.75, 3.05) is 17.2 Å². The number of nitrogens with one attached hydrogen (secondary N) is 2. The zero-order chi connectivity index (χ0) is 11.9. The summed E-state index contributed by atoms with van der Waals surface area (Å²) >= 11 is 0. The van der Waals surface area contributed by atoms with Crippen molar-refractivity contribution in [1.82, 2.24) is 9.97 Å². The van der Waals surface area contributed by atoms with Gasteiger partial charge in [-0.05, 0) is 18.6 Å². The Hall–Kier alpha value is -2.10. The Morgan fingerprint density at radius 2 is 1.82 bits per heavy atom. The molecule has 0 radical (unpaired) electrons. The van der Waals surface area contributed by atoms with Crippen LogP contribution in [0.25, 0.3) is 0 Å². The van der Waals surface area contributed by atoms with Gasteiger partial charge in [-0.3, -0.25) is 0 Å². The molecule has 2 rings (SSSR count). The van der Waals surface area contributed by atoms with Crippen molar-refractivity contribution in [2.45, 2.75) is 13.3 Å². The van der Waals surface area contributed by atoms with Crippen molar-refractivity contribution in [3.63, 3.8) is 0 Å². The highest BCUT2D eigenvalue weighted by Gasteiger charge is 1.98. The van der Waals surface area contributed by atoms with E-state index in [0.717, 1.165) is 30.3 Å². The van der Waals surface area contributed by atoms with Crippen LogP contribution in [0.2, 0.25) is 0 Å². The number of hydrogen-bond donors (Lipinski definition) is 2. The van der Waals surface area contributed by atoms with Crippen molar-refractivity contribution < 1.29 is 0 Å². The van der Waals surface area contributed by atoms with Crippen LogP contribution in [0.5, 0.6) is 0 Å². The summed E-state index contributed by atoms with van der Waals surface area (Å²) in [6, 6.07) is 11.9. The summed E-state index contributed by atoms with van der Waals surface area (Å²) < 4.78 is 0. The summed E-state index contributed by atoms with van der Waals surface area (Å²) in [7, 11) is 0. The molecule has 0 unspecified atom stereocenters. The van der Waals surface area contributed by atoms with E-state index in [1.54, 1.807) is 6.33 Å². The number of rotatable bonds is 5. The molecule has 0 aliphatic carbocycles. The second-order valence-corrected chi connectivity index (χ2v) is 3.71. The fourth-order valence-corrected chi connectivity index (χ4v) is 1.44. The van der Waals surface area contributed by atoms with Gasteiger partial charge in [0.1, 0.15) is 18.0 Å². The van der Waals surface area contributed by atoms with Gasteiger partial charge in [-0.15, -0.1) is 0 Å². The lowest BCUT2D eigenvalue weighted by Crippen LogP contribution is -2.03. The molecule has 4 nitrogen and oxygen atoms in total. The molecule has 0 aliphatic heterocycles. The SMILES string of the molecule is CCCNc1cc(Nc2ccccc2)ncn1. The smallest absolute Gasteiger partial charge is 0.135 e. The number of hydrogen-bond acceptors (Lipinski definition) is 4. The van der Waals surface area contributed by atoms with E-state index in [1.807, 2.05) is 36.4 Å². The first-order chi connectivity index (χ1) is 8.38. The van der Waals surface area contributed by atoms with E-state index in [2.05, 4.69) is 27.5 Å². The van der Waals surface area contributed by atoms with Crippen LogP contribution in [0, 0.1) is 0 Å². The van der Waals surface area contributed by atoms with Crippen LogP contribution < -0.4 is 10.6 Å². The predicted molar refractivity (Wildman–Crippen MR) is 70.5 cm³/mol. The molecule has 0 fully saturated rings. The summed E-state index contributed by atoms with van der Waals surface area (Å²) in [5.41, 5.74) is 1.02. The molecule has 88 valence electrons. The fraction of sp³-hybridized carbons (Fsp3) is 0.231. The molecule has 1 heterocycles. The van der Waals surface area contributed by atoms with Gasteiger partial charge in [0.15, 0.2) is 0 Å². The van der Waals surface area contributed by atoms with Gasteiger partial charge in [0.2, 0.25) is 0 Å².